The Morgan fingerprint density at radius 3 is 2.36 bits per heavy atom. The minimum absolute atomic E-state index is 0.0252. The van der Waals surface area contributed by atoms with Gasteiger partial charge in [-0.1, -0.05) is 51.0 Å². The zero-order valence-corrected chi connectivity index (χ0v) is 27.4. The lowest BCUT2D eigenvalue weighted by Gasteiger charge is -2.43. The predicted molar refractivity (Wildman–Crippen MR) is 177 cm³/mol. The number of halogens is 2. The number of thiazole rings is 1. The van der Waals surface area contributed by atoms with Gasteiger partial charge in [0.1, 0.15) is 5.75 Å². The van der Waals surface area contributed by atoms with E-state index in [4.69, 9.17) is 16.3 Å². The SMILES string of the molecule is O=C(COc1ccc([C@@H]2c3sc(=O)[nH]c3S[C@@H]3[C@@H]4C[C@@H]([C@@H]5C(=O)N(c6ccc(Br)cc6)C(=O)[C@@H]45)[C@H]23)cc1)Nc1ccc(Cl)cc1. The maximum absolute atomic E-state index is 13.9. The van der Waals surface area contributed by atoms with Crippen LogP contribution in [0.2, 0.25) is 5.02 Å². The van der Waals surface area contributed by atoms with Crippen LogP contribution in [-0.4, -0.2) is 34.6 Å². The average molecular weight is 723 g/mol. The molecule has 8 rings (SSSR count). The largest absolute Gasteiger partial charge is 0.484 e. The summed E-state index contributed by atoms with van der Waals surface area (Å²) in [6, 6.07) is 21.8. The van der Waals surface area contributed by atoms with E-state index in [1.54, 1.807) is 48.2 Å². The number of aromatic amines is 1. The summed E-state index contributed by atoms with van der Waals surface area (Å²) in [4.78, 5) is 58.0. The molecule has 2 N–H and O–H groups in total. The van der Waals surface area contributed by atoms with E-state index in [9.17, 15) is 19.2 Å². The molecule has 1 aromatic heterocycles. The van der Waals surface area contributed by atoms with Gasteiger partial charge in [0, 0.05) is 31.2 Å². The van der Waals surface area contributed by atoms with Crippen molar-refractivity contribution in [3.63, 3.8) is 0 Å². The Hall–Kier alpha value is -3.38. The third kappa shape index (κ3) is 4.86. The molecular formula is C33H25BrClN3O5S2. The number of carbonyl (C=O) groups is 3. The Morgan fingerprint density at radius 1 is 0.956 bits per heavy atom. The highest BCUT2D eigenvalue weighted by molar-refractivity contribution is 9.10. The van der Waals surface area contributed by atoms with Gasteiger partial charge in [-0.2, -0.15) is 0 Å². The fourth-order valence-electron chi connectivity index (χ4n) is 7.89. The molecule has 45 heavy (non-hydrogen) atoms. The minimum atomic E-state index is -0.366. The number of rotatable bonds is 6. The van der Waals surface area contributed by atoms with Crippen molar-refractivity contribution in [2.24, 2.45) is 29.6 Å². The van der Waals surface area contributed by atoms with Gasteiger partial charge in [0.2, 0.25) is 11.8 Å². The molecule has 4 aromatic rings. The number of nitrogens with zero attached hydrogens (tertiary/aromatic N) is 1. The van der Waals surface area contributed by atoms with E-state index in [1.807, 2.05) is 36.4 Å². The third-order valence-electron chi connectivity index (χ3n) is 9.55. The second kappa shape index (κ2) is 11.2. The summed E-state index contributed by atoms with van der Waals surface area (Å²) in [7, 11) is 0. The van der Waals surface area contributed by atoms with Crippen LogP contribution >= 0.6 is 50.6 Å². The fourth-order valence-corrected chi connectivity index (χ4v) is 11.2. The summed E-state index contributed by atoms with van der Waals surface area (Å²) in [5, 5.41) is 4.34. The number of anilines is 2. The molecule has 228 valence electrons. The number of carbonyl (C=O) groups excluding carboxylic acids is 3. The molecule has 0 spiro atoms. The average Bonchev–Trinajstić information content (AvgIpc) is 3.77. The molecule has 3 heterocycles. The van der Waals surface area contributed by atoms with Gasteiger partial charge < -0.3 is 15.0 Å². The van der Waals surface area contributed by atoms with Crippen LogP contribution in [0, 0.1) is 29.6 Å². The Morgan fingerprint density at radius 2 is 1.64 bits per heavy atom. The summed E-state index contributed by atoms with van der Waals surface area (Å²) in [6.07, 6.45) is 0.822. The highest BCUT2D eigenvalue weighted by atomic mass is 79.9. The van der Waals surface area contributed by atoms with Crippen molar-refractivity contribution >= 4 is 79.7 Å². The van der Waals surface area contributed by atoms with E-state index < -0.39 is 0 Å². The second-order valence-electron chi connectivity index (χ2n) is 11.9. The molecule has 8 nitrogen and oxygen atoms in total. The molecule has 0 radical (unpaired) electrons. The van der Waals surface area contributed by atoms with Gasteiger partial charge in [-0.3, -0.25) is 24.1 Å². The number of aromatic nitrogens is 1. The molecule has 2 bridgehead atoms. The van der Waals surface area contributed by atoms with Gasteiger partial charge in [-0.05, 0) is 90.4 Å². The first-order valence-corrected chi connectivity index (χ1v) is 17.4. The van der Waals surface area contributed by atoms with Crippen LogP contribution in [0.1, 0.15) is 22.8 Å². The number of amides is 3. The Balaban J connectivity index is 1.05. The van der Waals surface area contributed by atoms with Crippen LogP contribution in [0.25, 0.3) is 0 Å². The van der Waals surface area contributed by atoms with Gasteiger partial charge in [0.25, 0.3) is 5.91 Å². The molecule has 2 saturated carbocycles. The number of benzene rings is 3. The number of hydrogen-bond donors (Lipinski definition) is 2. The van der Waals surface area contributed by atoms with Crippen LogP contribution < -0.4 is 19.8 Å². The van der Waals surface area contributed by atoms with Crippen LogP contribution in [0.5, 0.6) is 5.75 Å². The maximum Gasteiger partial charge on any atom is 0.305 e. The molecule has 3 aromatic carbocycles. The molecule has 2 aliphatic carbocycles. The molecule has 0 unspecified atom stereocenters. The first kappa shape index (κ1) is 29.1. The highest BCUT2D eigenvalue weighted by Gasteiger charge is 2.69. The lowest BCUT2D eigenvalue weighted by Crippen LogP contribution is -2.42. The Labute approximate surface area is 279 Å². The minimum Gasteiger partial charge on any atom is -0.484 e. The van der Waals surface area contributed by atoms with Crippen molar-refractivity contribution in [1.29, 1.82) is 0 Å². The molecule has 3 amide bonds. The van der Waals surface area contributed by atoms with E-state index in [0.29, 0.717) is 22.1 Å². The summed E-state index contributed by atoms with van der Waals surface area (Å²) in [6.45, 7) is -0.159. The van der Waals surface area contributed by atoms with Crippen molar-refractivity contribution in [2.45, 2.75) is 22.6 Å². The number of H-pyrrole nitrogens is 1. The van der Waals surface area contributed by atoms with Crippen LogP contribution in [-0.2, 0) is 14.4 Å². The number of nitrogens with one attached hydrogen (secondary N) is 2. The van der Waals surface area contributed by atoms with E-state index in [1.165, 1.54) is 16.2 Å². The maximum atomic E-state index is 13.9. The van der Waals surface area contributed by atoms with Crippen molar-refractivity contribution in [2.75, 3.05) is 16.8 Å². The number of imide groups is 1. The zero-order valence-electron chi connectivity index (χ0n) is 23.4. The van der Waals surface area contributed by atoms with Crippen molar-refractivity contribution < 1.29 is 19.1 Å². The summed E-state index contributed by atoms with van der Waals surface area (Å²) in [5.74, 6) is -0.612. The van der Waals surface area contributed by atoms with Gasteiger partial charge in [0.15, 0.2) is 6.61 Å². The normalized spacial score (nSPS) is 27.7. The van der Waals surface area contributed by atoms with Crippen LogP contribution in [0.3, 0.4) is 0 Å². The molecule has 2 aliphatic heterocycles. The van der Waals surface area contributed by atoms with E-state index in [-0.39, 0.29) is 70.0 Å². The fraction of sp³-hybridized carbons (Fsp3) is 0.273. The number of ether oxygens (including phenoxy) is 1. The van der Waals surface area contributed by atoms with E-state index in [2.05, 4.69) is 26.2 Å². The lowest BCUT2D eigenvalue weighted by molar-refractivity contribution is -0.123. The van der Waals surface area contributed by atoms with Crippen molar-refractivity contribution in [1.82, 2.24) is 4.98 Å². The topological polar surface area (TPSA) is 109 Å². The number of hydrogen-bond acceptors (Lipinski definition) is 7. The molecule has 1 saturated heterocycles. The zero-order chi connectivity index (χ0) is 31.0. The van der Waals surface area contributed by atoms with Gasteiger partial charge in [-0.25, -0.2) is 0 Å². The van der Waals surface area contributed by atoms with Gasteiger partial charge in [0.05, 0.1) is 22.5 Å². The molecule has 12 heteroatoms. The summed E-state index contributed by atoms with van der Waals surface area (Å²) in [5.41, 5.74) is 2.25. The second-order valence-corrected chi connectivity index (χ2v) is 15.4. The number of thioether (sulfide) groups is 1. The van der Waals surface area contributed by atoms with Crippen molar-refractivity contribution in [3.05, 3.63) is 102 Å². The van der Waals surface area contributed by atoms with Crippen LogP contribution in [0.15, 0.2) is 87.1 Å². The molecular weight excluding hydrogens is 698 g/mol. The quantitative estimate of drug-likeness (QED) is 0.219. The lowest BCUT2D eigenvalue weighted by atomic mass is 9.68. The Kier molecular flexibility index (Phi) is 7.20. The molecule has 3 fully saturated rings. The monoisotopic (exact) mass is 721 g/mol. The first-order valence-electron chi connectivity index (χ1n) is 14.6. The van der Waals surface area contributed by atoms with Crippen molar-refractivity contribution in [3.8, 4) is 5.75 Å². The highest BCUT2D eigenvalue weighted by Crippen LogP contribution is 2.68. The molecule has 7 atom stereocenters. The standard InChI is InChI=1S/C33H25BrClN3O5S2/c34-16-3-9-19(10-4-16)38-31(40)26-21-13-22(27(26)32(38)41)28-25(21)24(29-30(44-28)37-33(42)45-29)15-1-11-20(12-2-15)43-14-23(39)36-18-7-5-17(35)6-8-18/h1-12,21-22,24-28H,13-14H2,(H,36,39)(H,37,42)/t21-,22-,24+,25-,26+,27+,28-/m1/s1. The van der Waals surface area contributed by atoms with Gasteiger partial charge in [-0.15, -0.1) is 11.8 Å². The Bertz CT molecular complexity index is 1900. The summed E-state index contributed by atoms with van der Waals surface area (Å²) >= 11 is 12.2. The predicted octanol–water partition coefficient (Wildman–Crippen LogP) is 6.55. The number of fused-ring (bicyclic) bond motifs is 9. The third-order valence-corrected chi connectivity index (χ3v) is 12.9. The summed E-state index contributed by atoms with van der Waals surface area (Å²) < 4.78 is 6.66. The van der Waals surface area contributed by atoms with E-state index in [0.717, 1.165) is 26.4 Å². The van der Waals surface area contributed by atoms with Crippen LogP contribution in [0.4, 0.5) is 11.4 Å². The smallest absolute Gasteiger partial charge is 0.305 e. The van der Waals surface area contributed by atoms with Gasteiger partial charge >= 0.3 is 4.87 Å². The van der Waals surface area contributed by atoms with E-state index >= 15 is 0 Å². The molecule has 4 aliphatic rings. The first-order chi connectivity index (χ1) is 21.8.